The first-order valence-corrected chi connectivity index (χ1v) is 8.55. The van der Waals surface area contributed by atoms with E-state index >= 15 is 0 Å². The average molecular weight is 324 g/mol. The van der Waals surface area contributed by atoms with E-state index < -0.39 is 5.60 Å². The Labute approximate surface area is 140 Å². The highest BCUT2D eigenvalue weighted by Gasteiger charge is 2.18. The lowest BCUT2D eigenvalue weighted by atomic mass is 10.1. The maximum Gasteiger partial charge on any atom is 0.407 e. The zero-order valence-corrected chi connectivity index (χ0v) is 15.1. The predicted molar refractivity (Wildman–Crippen MR) is 92.6 cm³/mol. The summed E-state index contributed by atoms with van der Waals surface area (Å²) in [5, 5.41) is 6.44. The summed E-state index contributed by atoms with van der Waals surface area (Å²) in [7, 11) is 0. The van der Waals surface area contributed by atoms with Gasteiger partial charge in [0.15, 0.2) is 0 Å². The molecule has 1 rings (SSSR count). The van der Waals surface area contributed by atoms with Crippen LogP contribution in [0.3, 0.4) is 0 Å². The summed E-state index contributed by atoms with van der Waals surface area (Å²) in [6, 6.07) is 4.40. The van der Waals surface area contributed by atoms with E-state index in [1.54, 1.807) is 6.26 Å². The molecule has 0 bridgehead atoms. The van der Waals surface area contributed by atoms with Crippen molar-refractivity contribution in [3.63, 3.8) is 0 Å². The Morgan fingerprint density at radius 1 is 1.39 bits per heavy atom. The quantitative estimate of drug-likeness (QED) is 0.723. The minimum atomic E-state index is -0.469. The van der Waals surface area contributed by atoms with Gasteiger partial charge in [-0.1, -0.05) is 19.8 Å². The van der Waals surface area contributed by atoms with Crippen molar-refractivity contribution in [2.24, 2.45) is 0 Å². The topological polar surface area (TPSA) is 63.5 Å². The number of carbonyl (C=O) groups excluding carboxylic acids is 1. The number of amides is 1. The van der Waals surface area contributed by atoms with Crippen molar-refractivity contribution >= 4 is 6.09 Å². The molecule has 132 valence electrons. The molecule has 2 unspecified atom stereocenters. The number of carbonyl (C=O) groups is 1. The minimum absolute atomic E-state index is 0.229. The first kappa shape index (κ1) is 19.6. The standard InChI is InChI=1S/C18H32N2O3/c1-6-7-9-15(13-19-17(21)23-18(3,4)5)20-14(2)12-16-10-8-11-22-16/h8,10-11,14-15,20H,6-7,9,12-13H2,1-5H3,(H,19,21). The van der Waals surface area contributed by atoms with Crippen molar-refractivity contribution in [1.29, 1.82) is 0 Å². The van der Waals surface area contributed by atoms with Gasteiger partial charge in [-0.15, -0.1) is 0 Å². The van der Waals surface area contributed by atoms with Crippen molar-refractivity contribution in [3.8, 4) is 0 Å². The van der Waals surface area contributed by atoms with Crippen LogP contribution in [0.15, 0.2) is 22.8 Å². The minimum Gasteiger partial charge on any atom is -0.469 e. The molecule has 23 heavy (non-hydrogen) atoms. The second kappa shape index (κ2) is 9.60. The van der Waals surface area contributed by atoms with Gasteiger partial charge >= 0.3 is 6.09 Å². The molecule has 2 N–H and O–H groups in total. The third-order valence-corrected chi connectivity index (χ3v) is 3.41. The Morgan fingerprint density at radius 2 is 2.13 bits per heavy atom. The van der Waals surface area contributed by atoms with Gasteiger partial charge in [0, 0.05) is 25.0 Å². The third-order valence-electron chi connectivity index (χ3n) is 3.41. The Balaban J connectivity index is 2.43. The Bertz CT molecular complexity index is 438. The summed E-state index contributed by atoms with van der Waals surface area (Å²) >= 11 is 0. The largest absolute Gasteiger partial charge is 0.469 e. The molecule has 1 aromatic rings. The van der Waals surface area contributed by atoms with Crippen molar-refractivity contribution < 1.29 is 13.9 Å². The van der Waals surface area contributed by atoms with Crippen LogP contribution in [0.25, 0.3) is 0 Å². The number of hydrogen-bond acceptors (Lipinski definition) is 4. The van der Waals surface area contributed by atoms with Crippen molar-refractivity contribution in [3.05, 3.63) is 24.2 Å². The van der Waals surface area contributed by atoms with E-state index in [0.29, 0.717) is 6.54 Å². The molecule has 5 nitrogen and oxygen atoms in total. The molecule has 0 radical (unpaired) electrons. The summed E-state index contributed by atoms with van der Waals surface area (Å²) in [5.41, 5.74) is -0.469. The van der Waals surface area contributed by atoms with Crippen LogP contribution >= 0.6 is 0 Å². The number of unbranched alkanes of at least 4 members (excludes halogenated alkanes) is 1. The second-order valence-electron chi connectivity index (χ2n) is 7.07. The lowest BCUT2D eigenvalue weighted by molar-refractivity contribution is 0.0520. The zero-order chi connectivity index (χ0) is 17.3. The highest BCUT2D eigenvalue weighted by atomic mass is 16.6. The van der Waals surface area contributed by atoms with Crippen LogP contribution in [0, 0.1) is 0 Å². The maximum atomic E-state index is 11.8. The molecule has 0 spiro atoms. The van der Waals surface area contributed by atoms with Crippen LogP contribution in [0.5, 0.6) is 0 Å². The van der Waals surface area contributed by atoms with Gasteiger partial charge in [0.05, 0.1) is 6.26 Å². The first-order valence-electron chi connectivity index (χ1n) is 8.55. The molecule has 1 heterocycles. The normalized spacial score (nSPS) is 14.3. The molecule has 0 aliphatic heterocycles. The summed E-state index contributed by atoms with van der Waals surface area (Å²) in [5.74, 6) is 0.972. The number of hydrogen-bond donors (Lipinski definition) is 2. The van der Waals surface area contributed by atoms with Gasteiger partial charge in [-0.25, -0.2) is 4.79 Å². The van der Waals surface area contributed by atoms with E-state index in [-0.39, 0.29) is 18.2 Å². The molecule has 0 aliphatic carbocycles. The predicted octanol–water partition coefficient (Wildman–Crippen LogP) is 3.88. The van der Waals surface area contributed by atoms with E-state index in [1.807, 2.05) is 32.9 Å². The molecule has 5 heteroatoms. The fraction of sp³-hybridized carbons (Fsp3) is 0.722. The molecule has 0 aromatic carbocycles. The number of nitrogens with one attached hydrogen (secondary N) is 2. The molecule has 0 fully saturated rings. The number of rotatable bonds is 9. The highest BCUT2D eigenvalue weighted by Crippen LogP contribution is 2.08. The Hall–Kier alpha value is -1.49. The van der Waals surface area contributed by atoms with Crippen LogP contribution in [-0.4, -0.2) is 30.3 Å². The third kappa shape index (κ3) is 9.29. The fourth-order valence-corrected chi connectivity index (χ4v) is 2.41. The van der Waals surface area contributed by atoms with Gasteiger partial charge in [-0.3, -0.25) is 0 Å². The van der Waals surface area contributed by atoms with Gasteiger partial charge in [0.1, 0.15) is 11.4 Å². The molecule has 0 aliphatic rings. The Kier molecular flexibility index (Phi) is 8.17. The fourth-order valence-electron chi connectivity index (χ4n) is 2.41. The molecular weight excluding hydrogens is 292 g/mol. The van der Waals surface area contributed by atoms with Gasteiger partial charge in [0.25, 0.3) is 0 Å². The molecule has 1 amide bonds. The summed E-state index contributed by atoms with van der Waals surface area (Å²) in [6.07, 6.45) is 5.45. The first-order chi connectivity index (χ1) is 10.8. The van der Waals surface area contributed by atoms with Gasteiger partial charge in [-0.2, -0.15) is 0 Å². The van der Waals surface area contributed by atoms with E-state index in [4.69, 9.17) is 9.15 Å². The lowest BCUT2D eigenvalue weighted by Gasteiger charge is -2.25. The van der Waals surface area contributed by atoms with Crippen LogP contribution in [-0.2, 0) is 11.2 Å². The second-order valence-corrected chi connectivity index (χ2v) is 7.07. The van der Waals surface area contributed by atoms with Crippen LogP contribution in [0.1, 0.15) is 59.6 Å². The summed E-state index contributed by atoms with van der Waals surface area (Å²) in [6.45, 7) is 10.5. The monoisotopic (exact) mass is 324 g/mol. The molecule has 0 saturated heterocycles. The van der Waals surface area contributed by atoms with Crippen LogP contribution in [0.2, 0.25) is 0 Å². The van der Waals surface area contributed by atoms with Crippen LogP contribution in [0.4, 0.5) is 4.79 Å². The van der Waals surface area contributed by atoms with Crippen molar-refractivity contribution in [2.45, 2.75) is 78.0 Å². The van der Waals surface area contributed by atoms with E-state index in [2.05, 4.69) is 24.5 Å². The highest BCUT2D eigenvalue weighted by molar-refractivity contribution is 5.67. The average Bonchev–Trinajstić information content (AvgIpc) is 2.92. The molecule has 0 saturated carbocycles. The van der Waals surface area contributed by atoms with Gasteiger partial charge in [0.2, 0.25) is 0 Å². The van der Waals surface area contributed by atoms with E-state index in [0.717, 1.165) is 31.4 Å². The number of ether oxygens (including phenoxy) is 1. The number of alkyl carbamates (subject to hydrolysis) is 1. The van der Waals surface area contributed by atoms with E-state index in [1.165, 1.54) is 0 Å². The van der Waals surface area contributed by atoms with Crippen LogP contribution < -0.4 is 10.6 Å². The van der Waals surface area contributed by atoms with Gasteiger partial charge < -0.3 is 19.8 Å². The molecular formula is C18H32N2O3. The summed E-state index contributed by atoms with van der Waals surface area (Å²) in [4.78, 5) is 11.8. The number of furan rings is 1. The molecule has 2 atom stereocenters. The van der Waals surface area contributed by atoms with Crippen molar-refractivity contribution in [2.75, 3.05) is 6.54 Å². The smallest absolute Gasteiger partial charge is 0.407 e. The summed E-state index contributed by atoms with van der Waals surface area (Å²) < 4.78 is 10.7. The SMILES string of the molecule is CCCCC(CNC(=O)OC(C)(C)C)NC(C)Cc1ccco1. The van der Waals surface area contributed by atoms with Crippen molar-refractivity contribution in [1.82, 2.24) is 10.6 Å². The Morgan fingerprint density at radius 3 is 2.70 bits per heavy atom. The molecule has 1 aromatic heterocycles. The maximum absolute atomic E-state index is 11.8. The lowest BCUT2D eigenvalue weighted by Crippen LogP contribution is -2.46. The van der Waals surface area contributed by atoms with Gasteiger partial charge in [-0.05, 0) is 46.2 Å². The van der Waals surface area contributed by atoms with E-state index in [9.17, 15) is 4.79 Å². The zero-order valence-electron chi connectivity index (χ0n) is 15.1.